The lowest BCUT2D eigenvalue weighted by molar-refractivity contribution is 0.123. The van der Waals surface area contributed by atoms with Gasteiger partial charge in [-0.3, -0.25) is 4.90 Å². The molecule has 0 saturated carbocycles. The summed E-state index contributed by atoms with van der Waals surface area (Å²) in [4.78, 5) is 2.73. The molecule has 96 valence electrons. The smallest absolute Gasteiger partial charge is 0.0246 e. The van der Waals surface area contributed by atoms with Crippen molar-refractivity contribution in [3.05, 3.63) is 0 Å². The first-order valence-corrected chi connectivity index (χ1v) is 7.30. The third kappa shape index (κ3) is 4.06. The van der Waals surface area contributed by atoms with Crippen molar-refractivity contribution in [2.24, 2.45) is 0 Å². The number of nitrogens with one attached hydrogen (secondary N) is 1. The SMILES string of the molecule is CCCC(NCC)C(CC)N1CCCCC1. The van der Waals surface area contributed by atoms with E-state index < -0.39 is 0 Å². The number of hydrogen-bond acceptors (Lipinski definition) is 2. The first-order valence-electron chi connectivity index (χ1n) is 7.30. The van der Waals surface area contributed by atoms with Crippen molar-refractivity contribution in [1.82, 2.24) is 10.2 Å². The van der Waals surface area contributed by atoms with E-state index in [-0.39, 0.29) is 0 Å². The first-order chi connectivity index (χ1) is 7.83. The number of rotatable bonds is 7. The lowest BCUT2D eigenvalue weighted by Crippen LogP contribution is -2.51. The summed E-state index contributed by atoms with van der Waals surface area (Å²) in [5, 5.41) is 3.69. The summed E-state index contributed by atoms with van der Waals surface area (Å²) in [6.45, 7) is 10.6. The second-order valence-corrected chi connectivity index (χ2v) is 5.03. The highest BCUT2D eigenvalue weighted by Crippen LogP contribution is 2.19. The molecule has 1 heterocycles. The van der Waals surface area contributed by atoms with Crippen LogP contribution in [0.4, 0.5) is 0 Å². The monoisotopic (exact) mass is 226 g/mol. The van der Waals surface area contributed by atoms with Gasteiger partial charge in [0.2, 0.25) is 0 Å². The highest BCUT2D eigenvalue weighted by molar-refractivity contribution is 4.84. The van der Waals surface area contributed by atoms with Gasteiger partial charge in [-0.2, -0.15) is 0 Å². The van der Waals surface area contributed by atoms with Crippen molar-refractivity contribution in [1.29, 1.82) is 0 Å². The maximum Gasteiger partial charge on any atom is 0.0246 e. The van der Waals surface area contributed by atoms with E-state index in [1.807, 2.05) is 0 Å². The van der Waals surface area contributed by atoms with Gasteiger partial charge in [-0.1, -0.05) is 33.6 Å². The normalized spacial score (nSPS) is 21.9. The summed E-state index contributed by atoms with van der Waals surface area (Å²) < 4.78 is 0. The van der Waals surface area contributed by atoms with Crippen molar-refractivity contribution in [2.75, 3.05) is 19.6 Å². The zero-order valence-electron chi connectivity index (χ0n) is 11.5. The molecule has 0 radical (unpaired) electrons. The highest BCUT2D eigenvalue weighted by atomic mass is 15.2. The van der Waals surface area contributed by atoms with Gasteiger partial charge < -0.3 is 5.32 Å². The molecule has 0 aromatic heterocycles. The van der Waals surface area contributed by atoms with Crippen LogP contribution in [-0.4, -0.2) is 36.6 Å². The summed E-state index contributed by atoms with van der Waals surface area (Å²) in [5.74, 6) is 0. The zero-order chi connectivity index (χ0) is 11.8. The van der Waals surface area contributed by atoms with E-state index in [0.717, 1.165) is 12.6 Å². The minimum Gasteiger partial charge on any atom is -0.313 e. The molecule has 0 spiro atoms. The molecule has 2 heteroatoms. The molecule has 2 atom stereocenters. The molecule has 0 amide bonds. The number of piperidine rings is 1. The van der Waals surface area contributed by atoms with Gasteiger partial charge in [0.1, 0.15) is 0 Å². The van der Waals surface area contributed by atoms with E-state index in [4.69, 9.17) is 0 Å². The predicted molar refractivity (Wildman–Crippen MR) is 71.9 cm³/mol. The van der Waals surface area contributed by atoms with Crippen LogP contribution in [0.5, 0.6) is 0 Å². The Bertz CT molecular complexity index is 158. The van der Waals surface area contributed by atoms with E-state index in [1.165, 1.54) is 51.6 Å². The van der Waals surface area contributed by atoms with Gasteiger partial charge in [-0.05, 0) is 45.3 Å². The quantitative estimate of drug-likeness (QED) is 0.718. The lowest BCUT2D eigenvalue weighted by Gasteiger charge is -2.39. The third-order valence-corrected chi connectivity index (χ3v) is 3.81. The fraction of sp³-hybridized carbons (Fsp3) is 1.00. The second-order valence-electron chi connectivity index (χ2n) is 5.03. The molecule has 16 heavy (non-hydrogen) atoms. The van der Waals surface area contributed by atoms with Gasteiger partial charge >= 0.3 is 0 Å². The molecule has 1 aliphatic rings. The summed E-state index contributed by atoms with van der Waals surface area (Å²) >= 11 is 0. The average Bonchev–Trinajstić information content (AvgIpc) is 2.32. The molecular formula is C14H30N2. The molecule has 1 aliphatic heterocycles. The molecule has 1 saturated heterocycles. The summed E-state index contributed by atoms with van der Waals surface area (Å²) in [7, 11) is 0. The summed E-state index contributed by atoms with van der Waals surface area (Å²) in [6.07, 6.45) is 8.15. The first kappa shape index (κ1) is 14.0. The van der Waals surface area contributed by atoms with Gasteiger partial charge in [-0.15, -0.1) is 0 Å². The highest BCUT2D eigenvalue weighted by Gasteiger charge is 2.25. The van der Waals surface area contributed by atoms with Crippen LogP contribution >= 0.6 is 0 Å². The van der Waals surface area contributed by atoms with Gasteiger partial charge in [0.05, 0.1) is 0 Å². The van der Waals surface area contributed by atoms with E-state index in [9.17, 15) is 0 Å². The van der Waals surface area contributed by atoms with Crippen molar-refractivity contribution in [2.45, 2.75) is 71.4 Å². The Morgan fingerprint density at radius 2 is 1.75 bits per heavy atom. The Labute approximate surface area is 102 Å². The molecule has 0 aromatic carbocycles. The predicted octanol–water partition coefficient (Wildman–Crippen LogP) is 3.03. The molecule has 0 aliphatic carbocycles. The van der Waals surface area contributed by atoms with Crippen LogP contribution in [0.25, 0.3) is 0 Å². The molecule has 2 nitrogen and oxygen atoms in total. The molecule has 1 fully saturated rings. The van der Waals surface area contributed by atoms with Crippen molar-refractivity contribution in [3.63, 3.8) is 0 Å². The Morgan fingerprint density at radius 1 is 1.06 bits per heavy atom. The molecule has 1 rings (SSSR count). The van der Waals surface area contributed by atoms with Crippen molar-refractivity contribution in [3.8, 4) is 0 Å². The minimum atomic E-state index is 0.707. The van der Waals surface area contributed by atoms with E-state index in [1.54, 1.807) is 0 Å². The Kier molecular flexibility index (Phi) is 7.06. The molecule has 0 bridgehead atoms. The Hall–Kier alpha value is -0.0800. The molecule has 2 unspecified atom stereocenters. The van der Waals surface area contributed by atoms with Crippen LogP contribution in [0.2, 0.25) is 0 Å². The van der Waals surface area contributed by atoms with Crippen LogP contribution in [0.3, 0.4) is 0 Å². The van der Waals surface area contributed by atoms with Gasteiger partial charge in [0.25, 0.3) is 0 Å². The maximum absolute atomic E-state index is 3.69. The second kappa shape index (κ2) is 8.08. The zero-order valence-corrected chi connectivity index (χ0v) is 11.5. The Balaban J connectivity index is 2.52. The average molecular weight is 226 g/mol. The van der Waals surface area contributed by atoms with E-state index >= 15 is 0 Å². The van der Waals surface area contributed by atoms with Crippen LogP contribution in [0.1, 0.15) is 59.3 Å². The van der Waals surface area contributed by atoms with Crippen LogP contribution in [-0.2, 0) is 0 Å². The minimum absolute atomic E-state index is 0.707. The third-order valence-electron chi connectivity index (χ3n) is 3.81. The van der Waals surface area contributed by atoms with Crippen LogP contribution in [0, 0.1) is 0 Å². The summed E-state index contributed by atoms with van der Waals surface area (Å²) in [6, 6.07) is 1.47. The number of likely N-dealkylation sites (tertiary alicyclic amines) is 1. The standard InChI is InChI=1S/C14H30N2/c1-4-10-13(15-6-3)14(5-2)16-11-8-7-9-12-16/h13-15H,4-12H2,1-3H3. The Morgan fingerprint density at radius 3 is 2.25 bits per heavy atom. The van der Waals surface area contributed by atoms with Gasteiger partial charge in [0.15, 0.2) is 0 Å². The molecular weight excluding hydrogens is 196 g/mol. The number of hydrogen-bond donors (Lipinski definition) is 1. The fourth-order valence-corrected chi connectivity index (χ4v) is 3.05. The van der Waals surface area contributed by atoms with E-state index in [0.29, 0.717) is 6.04 Å². The lowest BCUT2D eigenvalue weighted by atomic mass is 9.97. The van der Waals surface area contributed by atoms with E-state index in [2.05, 4.69) is 31.0 Å². The maximum atomic E-state index is 3.69. The number of likely N-dealkylation sites (N-methyl/N-ethyl adjacent to an activating group) is 1. The van der Waals surface area contributed by atoms with Crippen LogP contribution < -0.4 is 5.32 Å². The molecule has 1 N–H and O–H groups in total. The van der Waals surface area contributed by atoms with Gasteiger partial charge in [-0.25, -0.2) is 0 Å². The fourth-order valence-electron chi connectivity index (χ4n) is 3.05. The molecule has 0 aromatic rings. The van der Waals surface area contributed by atoms with Crippen molar-refractivity contribution >= 4 is 0 Å². The topological polar surface area (TPSA) is 15.3 Å². The summed E-state index contributed by atoms with van der Waals surface area (Å²) in [5.41, 5.74) is 0. The number of nitrogens with zero attached hydrogens (tertiary/aromatic N) is 1. The van der Waals surface area contributed by atoms with Crippen LogP contribution in [0.15, 0.2) is 0 Å². The largest absolute Gasteiger partial charge is 0.313 e. The van der Waals surface area contributed by atoms with Crippen molar-refractivity contribution < 1.29 is 0 Å². The van der Waals surface area contributed by atoms with Gasteiger partial charge in [0, 0.05) is 12.1 Å².